The van der Waals surface area contributed by atoms with Crippen LogP contribution in [0.1, 0.15) is 75.8 Å². The lowest BCUT2D eigenvalue weighted by Gasteiger charge is -1.98. The van der Waals surface area contributed by atoms with Gasteiger partial charge in [-0.25, -0.2) is 38.4 Å². The number of fused-ring (bicyclic) bond motifs is 8. The van der Waals surface area contributed by atoms with Crippen molar-refractivity contribution in [1.82, 2.24) is 15.0 Å². The number of halogens is 2. The lowest BCUT2D eigenvalue weighted by Crippen LogP contribution is -1.85. The van der Waals surface area contributed by atoms with E-state index < -0.39 is 47.8 Å². The molecule has 0 saturated carbocycles. The number of H-pyrrole nitrogens is 3. The molecule has 8 heterocycles. The topological polar surface area (TPSA) is 346 Å². The predicted octanol–water partition coefficient (Wildman–Crippen LogP) is 25.0. The molecule has 0 radical (unpaired) electrons. The molecule has 0 aliphatic heterocycles. The second-order valence-electron chi connectivity index (χ2n) is 25.8. The van der Waals surface area contributed by atoms with Gasteiger partial charge in [-0.3, -0.25) is 0 Å². The van der Waals surface area contributed by atoms with Gasteiger partial charge >= 0.3 is 47.8 Å². The molecule has 0 spiro atoms. The Morgan fingerprint density at radius 2 is 0.742 bits per heavy atom. The van der Waals surface area contributed by atoms with Crippen LogP contribution >= 0.6 is 84.2 Å². The molecule has 608 valence electrons. The number of hydrogen-bond donors (Lipinski definition) is 11. The van der Waals surface area contributed by atoms with Crippen molar-refractivity contribution in [1.29, 1.82) is 0 Å². The van der Waals surface area contributed by atoms with E-state index >= 15 is 0 Å². The van der Waals surface area contributed by atoms with Gasteiger partial charge in [-0.05, 0) is 191 Å². The van der Waals surface area contributed by atoms with Gasteiger partial charge in [-0.2, -0.15) is 0 Å². The van der Waals surface area contributed by atoms with Crippen LogP contribution in [0.4, 0.5) is 0 Å². The Balaban J connectivity index is 0.000000156. The Kier molecular flexibility index (Phi) is 33.4. The molecular weight excluding hydrogens is 1700 g/mol. The zero-order chi connectivity index (χ0) is 86.5. The minimum Gasteiger partial charge on any atom is -0.478 e. The van der Waals surface area contributed by atoms with E-state index in [1.807, 2.05) is 179 Å². The Hall–Kier alpha value is -13.4. The van der Waals surface area contributed by atoms with Crippen molar-refractivity contribution in [2.24, 2.45) is 0 Å². The number of carboxylic acids is 8. The highest BCUT2D eigenvalue weighted by atomic mass is 79.9. The molecule has 0 atom stereocenters. The van der Waals surface area contributed by atoms with Gasteiger partial charge in [0.1, 0.15) is 0 Å². The van der Waals surface area contributed by atoms with Crippen LogP contribution in [0.15, 0.2) is 254 Å². The van der Waals surface area contributed by atoms with Gasteiger partial charge in [0, 0.05) is 174 Å². The lowest BCUT2D eigenvalue weighted by atomic mass is 10.1. The summed E-state index contributed by atoms with van der Waals surface area (Å²) in [6, 6.07) is 59.9. The molecule has 19 nitrogen and oxygen atoms in total. The molecule has 16 aromatic rings. The van der Waals surface area contributed by atoms with Crippen LogP contribution in [-0.2, 0) is 44.8 Å². The smallest absolute Gasteiger partial charge is 0.328 e. The molecule has 120 heavy (non-hydrogen) atoms. The normalized spacial score (nSPS) is 11.3. The number of thiophene rings is 5. The maximum atomic E-state index is 10.5. The fourth-order valence-corrected chi connectivity index (χ4v) is 18.2. The zero-order valence-corrected chi connectivity index (χ0v) is 71.1. The van der Waals surface area contributed by atoms with Gasteiger partial charge in [-0.15, -0.1) is 56.7 Å². The first kappa shape index (κ1) is 90.5. The average molecular weight is 1780 g/mol. The molecule has 8 aromatic heterocycles. The third-order valence-electron chi connectivity index (χ3n) is 17.4. The van der Waals surface area contributed by atoms with Crippen LogP contribution in [0, 0.1) is 27.7 Å². The predicted molar refractivity (Wildman–Crippen MR) is 498 cm³/mol. The molecule has 0 amide bonds. The summed E-state index contributed by atoms with van der Waals surface area (Å²) < 4.78 is 6.74. The summed E-state index contributed by atoms with van der Waals surface area (Å²) in [4.78, 5) is 97.2. The molecule has 26 heteroatoms. The molecule has 0 aliphatic rings. The summed E-state index contributed by atoms with van der Waals surface area (Å²) in [5.41, 5.74) is 11.8. The van der Waals surface area contributed by atoms with Crippen LogP contribution in [-0.4, -0.2) is 104 Å². The van der Waals surface area contributed by atoms with E-state index in [1.54, 1.807) is 94.1 Å². The molecule has 0 bridgehead atoms. The van der Waals surface area contributed by atoms with E-state index in [0.717, 1.165) is 152 Å². The SMILES string of the molecule is CCc1cccc2c(/C=C/C(=O)O)c[nH]c12.Cc1c(/C=C/C(=O)O)sc2ccccc12.Cc1ccc2sc(/C=C/C(=O)O)cc2c1.Cc1cccc2c(/C=C/C(=O)O)c[nH]c12.Cc1cccc2sc(/C=C/C(=O)O)cc12.O=C(O)/C=C/c1c[nH]c2ccccc12.O=C(O)/C=C/c1sc2ccccc2c1Br.O=C(O)/C=C/c1sc2ccccc2c1Cl. The summed E-state index contributed by atoms with van der Waals surface area (Å²) in [6.07, 6.45) is 28.4. The number of carbonyl (C=O) groups is 8. The van der Waals surface area contributed by atoms with E-state index in [4.69, 9.17) is 52.5 Å². The second-order valence-corrected chi connectivity index (χ2v) is 32.5. The zero-order valence-electron chi connectivity index (χ0n) is 64.6. The lowest BCUT2D eigenvalue weighted by molar-refractivity contribution is -0.132. The molecule has 0 saturated heterocycles. The molecule has 0 aliphatic carbocycles. The van der Waals surface area contributed by atoms with Crippen LogP contribution in [0.5, 0.6) is 0 Å². The van der Waals surface area contributed by atoms with Crippen molar-refractivity contribution < 1.29 is 79.2 Å². The average Bonchev–Trinajstić information content (AvgIpc) is 1.68. The maximum Gasteiger partial charge on any atom is 0.328 e. The number of aromatic nitrogens is 3. The Morgan fingerprint density at radius 1 is 0.350 bits per heavy atom. The first-order valence-corrected chi connectivity index (χ1v) is 41.6. The fraction of sp³-hybridized carbons (Fsp3) is 0.0638. The molecule has 16 rings (SSSR count). The van der Waals surface area contributed by atoms with Crippen molar-refractivity contribution in [3.8, 4) is 0 Å². The summed E-state index contributed by atoms with van der Waals surface area (Å²) in [7, 11) is 0. The molecular formula is C94H77BrClN3O16S5. The fourth-order valence-electron chi connectivity index (χ4n) is 11.8. The molecule has 0 fully saturated rings. The number of hydrogen-bond acceptors (Lipinski definition) is 13. The van der Waals surface area contributed by atoms with Gasteiger partial charge in [0.25, 0.3) is 0 Å². The minimum absolute atomic E-state index is 0.619. The quantitative estimate of drug-likeness (QED) is 0.0377. The summed E-state index contributed by atoms with van der Waals surface area (Å²) >= 11 is 17.4. The van der Waals surface area contributed by atoms with E-state index in [9.17, 15) is 38.4 Å². The van der Waals surface area contributed by atoms with E-state index in [0.29, 0.717) is 5.02 Å². The second kappa shape index (κ2) is 44.3. The van der Waals surface area contributed by atoms with E-state index in [2.05, 4.69) is 81.1 Å². The summed E-state index contributed by atoms with van der Waals surface area (Å²) in [6.45, 7) is 10.2. The van der Waals surface area contributed by atoms with Gasteiger partial charge in [0.15, 0.2) is 0 Å². The minimum atomic E-state index is -0.969. The van der Waals surface area contributed by atoms with E-state index in [1.165, 1.54) is 76.5 Å². The van der Waals surface area contributed by atoms with Gasteiger partial charge < -0.3 is 55.8 Å². The highest BCUT2D eigenvalue weighted by Crippen LogP contribution is 2.39. The molecule has 11 N–H and O–H groups in total. The summed E-state index contributed by atoms with van der Waals surface area (Å²) in [5, 5.41) is 77.7. The van der Waals surface area contributed by atoms with Crippen molar-refractivity contribution in [2.45, 2.75) is 41.0 Å². The molecule has 8 aromatic carbocycles. The van der Waals surface area contributed by atoms with Crippen molar-refractivity contribution in [2.75, 3.05) is 0 Å². The Morgan fingerprint density at radius 3 is 1.29 bits per heavy atom. The van der Waals surface area contributed by atoms with Crippen molar-refractivity contribution >= 4 is 264 Å². The number of benzene rings is 8. The number of rotatable bonds is 17. The van der Waals surface area contributed by atoms with Gasteiger partial charge in [0.05, 0.1) is 5.02 Å². The highest BCUT2D eigenvalue weighted by molar-refractivity contribution is 9.10. The monoisotopic (exact) mass is 1780 g/mol. The van der Waals surface area contributed by atoms with E-state index in [-0.39, 0.29) is 0 Å². The van der Waals surface area contributed by atoms with Crippen molar-refractivity contribution in [3.05, 3.63) is 328 Å². The van der Waals surface area contributed by atoms with Gasteiger partial charge in [0.2, 0.25) is 0 Å². The van der Waals surface area contributed by atoms with Crippen molar-refractivity contribution in [3.63, 3.8) is 0 Å². The third kappa shape index (κ3) is 26.3. The number of nitrogens with one attached hydrogen (secondary N) is 3. The first-order valence-electron chi connectivity index (χ1n) is 36.4. The van der Waals surface area contributed by atoms with Crippen LogP contribution < -0.4 is 0 Å². The van der Waals surface area contributed by atoms with Crippen LogP contribution in [0.25, 0.3) is 132 Å². The third-order valence-corrected chi connectivity index (χ3v) is 24.7. The largest absolute Gasteiger partial charge is 0.478 e. The number of carboxylic acid groups (broad SMARTS) is 8. The number of para-hydroxylation sites is 3. The number of aliphatic carboxylic acids is 8. The first-order chi connectivity index (χ1) is 57.5. The maximum absolute atomic E-state index is 10.5. The Labute approximate surface area is 720 Å². The Bertz CT molecular complexity index is 6430. The number of aryl methyl sites for hydroxylation is 5. The van der Waals surface area contributed by atoms with Crippen LogP contribution in [0.2, 0.25) is 5.02 Å². The van der Waals surface area contributed by atoms with Crippen LogP contribution in [0.3, 0.4) is 0 Å². The van der Waals surface area contributed by atoms with Gasteiger partial charge in [-0.1, -0.05) is 158 Å². The number of aromatic amines is 3. The molecule has 0 unspecified atom stereocenters. The highest BCUT2D eigenvalue weighted by Gasteiger charge is 2.12. The standard InChI is InChI=1S/C13H13NO2.C12H11NO2.3C12H10O2S.C11H7BrO2S.C11H7ClO2S.C11H9NO2/c1-2-9-4-3-5-11-10(6-7-12(15)16)8-14-13(9)11;1-8-3-2-4-10-9(5-6-11(14)15)7-13-12(8)10;1-8-2-4-11-9(6-8)7-10(15-11)3-5-12(13)14;1-8-3-2-4-11-10(8)7-9(15-11)5-6-12(13)14;1-8-9-4-2-3-5-11(9)15-10(8)6-7-12(13)14;2*12-11-7-3-1-2-4-8(7)15-9(11)5-6-10(13)14;13-11(14)6-5-8-7-12-10-4-2-1-3-9(8)10/h3-8,14H,2H2,1H3,(H,15,16);2-7,13H,1H3,(H,14,15);3*2-7H,1H3,(H,13,14);2*1-6H,(H,13,14);1-7,12H,(H,13,14)/b7-6+;6-5+;5-3+;6-5+;7-6+;3*6-5+. The summed E-state index contributed by atoms with van der Waals surface area (Å²) in [5.74, 6) is -7.43.